The van der Waals surface area contributed by atoms with Gasteiger partial charge in [-0.1, -0.05) is 6.92 Å². The van der Waals surface area contributed by atoms with Gasteiger partial charge in [0, 0.05) is 18.0 Å². The fourth-order valence-electron chi connectivity index (χ4n) is 1.55. The van der Waals surface area contributed by atoms with Crippen molar-refractivity contribution in [2.45, 2.75) is 19.4 Å². The molecule has 7 heteroatoms. The molecule has 18 heavy (non-hydrogen) atoms. The van der Waals surface area contributed by atoms with Gasteiger partial charge in [-0.3, -0.25) is 0 Å². The van der Waals surface area contributed by atoms with Crippen LogP contribution in [0.25, 0.3) is 10.9 Å². The molecular weight excluding hydrogens is 244 g/mol. The number of halogens is 2. The van der Waals surface area contributed by atoms with Gasteiger partial charge in [0.25, 0.3) is 0 Å². The Morgan fingerprint density at radius 2 is 2.22 bits per heavy atom. The van der Waals surface area contributed by atoms with E-state index < -0.39 is 12.0 Å². The number of fused-ring (bicyclic) bond motifs is 1. The largest absolute Gasteiger partial charge is 0.464 e. The van der Waals surface area contributed by atoms with Crippen LogP contribution in [0.5, 0.6) is 0 Å². The second kappa shape index (κ2) is 4.32. The van der Waals surface area contributed by atoms with Gasteiger partial charge in [0.1, 0.15) is 0 Å². The summed E-state index contributed by atoms with van der Waals surface area (Å²) in [6, 6.07) is -1.85. The van der Waals surface area contributed by atoms with Crippen LogP contribution in [0, 0.1) is 0 Å². The first-order valence-corrected chi connectivity index (χ1v) is 5.30. The predicted molar refractivity (Wildman–Crippen MR) is 59.3 cm³/mol. The van der Waals surface area contributed by atoms with E-state index in [9.17, 15) is 13.6 Å². The third-order valence-electron chi connectivity index (χ3n) is 2.58. The predicted octanol–water partition coefficient (Wildman–Crippen LogP) is 2.18. The zero-order valence-electron chi connectivity index (χ0n) is 9.85. The van der Waals surface area contributed by atoms with Crippen molar-refractivity contribution in [2.24, 2.45) is 0 Å². The number of carbonyl (C=O) groups is 1. The molecule has 0 bridgehead atoms. The van der Waals surface area contributed by atoms with Crippen molar-refractivity contribution in [1.82, 2.24) is 14.8 Å². The Kier molecular flexibility index (Phi) is 2.98. The number of nitrogens with zero attached hydrogens (tertiary/aromatic N) is 3. The smallest absolute Gasteiger partial charge is 0.356 e. The quantitative estimate of drug-likeness (QED) is 0.789. The topological polar surface area (TPSA) is 57.0 Å². The van der Waals surface area contributed by atoms with Crippen LogP contribution in [0.1, 0.15) is 23.8 Å². The van der Waals surface area contributed by atoms with Crippen molar-refractivity contribution in [3.63, 3.8) is 0 Å². The fraction of sp³-hybridized carbons (Fsp3) is 0.364. The minimum absolute atomic E-state index is 0.0290. The van der Waals surface area contributed by atoms with Crippen LogP contribution in [0.3, 0.4) is 0 Å². The summed E-state index contributed by atoms with van der Waals surface area (Å²) in [5.41, 5.74) is 0.121. The number of esters is 1. The Hall–Kier alpha value is -2.05. The summed E-state index contributed by atoms with van der Waals surface area (Å²) in [5.74, 6) is -0.676. The maximum Gasteiger partial charge on any atom is 0.356 e. The van der Waals surface area contributed by atoms with Crippen LogP contribution in [-0.4, -0.2) is 27.8 Å². The third-order valence-corrected chi connectivity index (χ3v) is 2.58. The molecule has 0 unspecified atom stereocenters. The van der Waals surface area contributed by atoms with Gasteiger partial charge in [-0.15, -0.1) is 0 Å². The van der Waals surface area contributed by atoms with Crippen molar-refractivity contribution in [2.75, 3.05) is 7.11 Å². The number of hydrogen-bond donors (Lipinski definition) is 0. The molecule has 2 rings (SSSR count). The monoisotopic (exact) mass is 255 g/mol. The molecule has 2 aromatic heterocycles. The number of ether oxygens (including phenoxy) is 1. The van der Waals surface area contributed by atoms with Gasteiger partial charge >= 0.3 is 12.0 Å². The summed E-state index contributed by atoms with van der Waals surface area (Å²) in [7, 11) is 1.20. The number of aromatic nitrogens is 3. The summed E-state index contributed by atoms with van der Waals surface area (Å²) in [6.07, 6.45) is 2.21. The fourth-order valence-corrected chi connectivity index (χ4v) is 1.55. The Labute approximate surface area is 101 Å². The number of pyridine rings is 1. The highest BCUT2D eigenvalue weighted by Gasteiger charge is 2.31. The standard InChI is InChI=1S/C11H11F2N3O2/c1-3-11(12,13)16-9-4-8(10(17)18-2)14-5-7(9)6-15-16/h4-6H,3H2,1-2H3. The molecule has 0 atom stereocenters. The highest BCUT2D eigenvalue weighted by Crippen LogP contribution is 2.28. The van der Waals surface area contributed by atoms with Gasteiger partial charge in [-0.05, 0) is 6.07 Å². The molecule has 96 valence electrons. The number of alkyl halides is 2. The van der Waals surface area contributed by atoms with Gasteiger partial charge < -0.3 is 4.74 Å². The molecule has 0 aliphatic rings. The molecule has 0 spiro atoms. The first-order valence-electron chi connectivity index (χ1n) is 5.30. The van der Waals surface area contributed by atoms with E-state index in [0.717, 1.165) is 0 Å². The molecule has 0 aliphatic heterocycles. The molecule has 0 radical (unpaired) electrons. The van der Waals surface area contributed by atoms with Gasteiger partial charge in [-0.2, -0.15) is 13.9 Å². The van der Waals surface area contributed by atoms with Crippen molar-refractivity contribution >= 4 is 16.9 Å². The molecule has 0 N–H and O–H groups in total. The Morgan fingerprint density at radius 3 is 2.83 bits per heavy atom. The SMILES string of the molecule is CCC(F)(F)n1ncc2cnc(C(=O)OC)cc21. The molecule has 0 fully saturated rings. The first kappa shape index (κ1) is 12.4. The van der Waals surface area contributed by atoms with E-state index in [2.05, 4.69) is 14.8 Å². The van der Waals surface area contributed by atoms with E-state index in [1.54, 1.807) is 0 Å². The summed E-state index contributed by atoms with van der Waals surface area (Å²) >= 11 is 0. The summed E-state index contributed by atoms with van der Waals surface area (Å²) in [5, 5.41) is 4.08. The second-order valence-corrected chi connectivity index (χ2v) is 3.70. The maximum absolute atomic E-state index is 13.6. The van der Waals surface area contributed by atoms with E-state index >= 15 is 0 Å². The van der Waals surface area contributed by atoms with E-state index in [4.69, 9.17) is 0 Å². The molecule has 2 aromatic rings. The number of hydrogen-bond acceptors (Lipinski definition) is 4. The molecule has 0 aromatic carbocycles. The van der Waals surface area contributed by atoms with E-state index in [1.807, 2.05) is 0 Å². The molecule has 2 heterocycles. The average molecular weight is 255 g/mol. The Morgan fingerprint density at radius 1 is 1.50 bits per heavy atom. The zero-order chi connectivity index (χ0) is 13.3. The van der Waals surface area contributed by atoms with Crippen LogP contribution in [-0.2, 0) is 10.8 Å². The normalized spacial score (nSPS) is 11.8. The highest BCUT2D eigenvalue weighted by atomic mass is 19.3. The van der Waals surface area contributed by atoms with Gasteiger partial charge in [-0.25, -0.2) is 14.5 Å². The van der Waals surface area contributed by atoms with E-state index in [1.165, 1.54) is 32.5 Å². The van der Waals surface area contributed by atoms with Gasteiger partial charge in [0.05, 0.1) is 18.8 Å². The van der Waals surface area contributed by atoms with Crippen molar-refractivity contribution in [3.05, 3.63) is 24.2 Å². The molecule has 0 saturated carbocycles. The lowest BCUT2D eigenvalue weighted by molar-refractivity contribution is -0.0910. The zero-order valence-corrected chi connectivity index (χ0v) is 9.85. The van der Waals surface area contributed by atoms with Crippen LogP contribution < -0.4 is 0 Å². The van der Waals surface area contributed by atoms with Crippen LogP contribution in [0.2, 0.25) is 0 Å². The van der Waals surface area contributed by atoms with E-state index in [-0.39, 0.29) is 17.6 Å². The highest BCUT2D eigenvalue weighted by molar-refractivity contribution is 5.91. The number of carbonyl (C=O) groups excluding carboxylic acids is 1. The first-order chi connectivity index (χ1) is 8.49. The second-order valence-electron chi connectivity index (χ2n) is 3.70. The molecule has 0 saturated heterocycles. The Balaban J connectivity index is 2.60. The molecule has 0 aliphatic carbocycles. The van der Waals surface area contributed by atoms with Crippen molar-refractivity contribution < 1.29 is 18.3 Å². The lowest BCUT2D eigenvalue weighted by Crippen LogP contribution is -2.23. The minimum Gasteiger partial charge on any atom is -0.464 e. The number of rotatable bonds is 3. The lowest BCUT2D eigenvalue weighted by atomic mass is 10.2. The van der Waals surface area contributed by atoms with E-state index in [0.29, 0.717) is 10.1 Å². The minimum atomic E-state index is -3.10. The van der Waals surface area contributed by atoms with Crippen molar-refractivity contribution in [3.8, 4) is 0 Å². The van der Waals surface area contributed by atoms with Crippen LogP contribution in [0.15, 0.2) is 18.5 Å². The molecular formula is C11H11F2N3O2. The molecule has 5 nitrogen and oxygen atoms in total. The Bertz CT molecular complexity index is 595. The third kappa shape index (κ3) is 1.92. The van der Waals surface area contributed by atoms with Gasteiger partial charge in [0.2, 0.25) is 0 Å². The van der Waals surface area contributed by atoms with Crippen LogP contribution >= 0.6 is 0 Å². The average Bonchev–Trinajstić information content (AvgIpc) is 2.81. The summed E-state index contributed by atoms with van der Waals surface area (Å²) in [6.45, 7) is 1.36. The van der Waals surface area contributed by atoms with Gasteiger partial charge in [0.15, 0.2) is 5.69 Å². The lowest BCUT2D eigenvalue weighted by Gasteiger charge is -2.15. The van der Waals surface area contributed by atoms with Crippen molar-refractivity contribution in [1.29, 1.82) is 0 Å². The summed E-state index contributed by atoms with van der Waals surface area (Å²) in [4.78, 5) is 15.1. The number of methoxy groups -OCH3 is 1. The maximum atomic E-state index is 13.6. The van der Waals surface area contributed by atoms with Crippen LogP contribution in [0.4, 0.5) is 8.78 Å². The molecule has 0 amide bonds. The summed E-state index contributed by atoms with van der Waals surface area (Å²) < 4.78 is 32.3.